The molecule has 0 fully saturated rings. The van der Waals surface area contributed by atoms with Crippen molar-refractivity contribution < 1.29 is 0 Å². The lowest BCUT2D eigenvalue weighted by Crippen LogP contribution is -1.99. The van der Waals surface area contributed by atoms with Crippen LogP contribution in [0.3, 0.4) is 0 Å². The number of aromatic nitrogens is 3. The van der Waals surface area contributed by atoms with Crippen LogP contribution in [0.15, 0.2) is 54.4 Å². The highest BCUT2D eigenvalue weighted by Gasteiger charge is 2.06. The van der Waals surface area contributed by atoms with Crippen LogP contribution < -0.4 is 0 Å². The molecule has 0 aliphatic heterocycles. The highest BCUT2D eigenvalue weighted by atomic mass is 32.1. The van der Waals surface area contributed by atoms with Gasteiger partial charge in [-0.3, -0.25) is 4.98 Å². The van der Waals surface area contributed by atoms with E-state index < -0.39 is 0 Å². The molecule has 0 radical (unpaired) electrons. The predicted octanol–water partition coefficient (Wildman–Crippen LogP) is 3.05. The number of nitrogens with zero attached hydrogens (tertiary/aromatic N) is 3. The monoisotopic (exact) mass is 241 g/mol. The Labute approximate surface area is 103 Å². The largest absolute Gasteiger partial charge is 0.326 e. The summed E-state index contributed by atoms with van der Waals surface area (Å²) < 4.78 is 2.15. The Bertz CT molecular complexity index is 584. The van der Waals surface area contributed by atoms with Crippen LogP contribution in [0.2, 0.25) is 0 Å². The quantitative estimate of drug-likeness (QED) is 0.705. The first-order chi connectivity index (χ1) is 8.43. The van der Waals surface area contributed by atoms with Crippen LogP contribution in [0.4, 0.5) is 0 Å². The van der Waals surface area contributed by atoms with E-state index in [-0.39, 0.29) is 0 Å². The molecule has 0 bridgehead atoms. The molecule has 3 heterocycles. The maximum absolute atomic E-state index is 4.41. The van der Waals surface area contributed by atoms with Crippen LogP contribution in [-0.2, 0) is 6.54 Å². The number of thiophene rings is 1. The Balaban J connectivity index is 1.95. The zero-order valence-electron chi connectivity index (χ0n) is 9.15. The molecular formula is C13H11N3S. The summed E-state index contributed by atoms with van der Waals surface area (Å²) in [5, 5.41) is 2.10. The smallest absolute Gasteiger partial charge is 0.140 e. The Morgan fingerprint density at radius 1 is 1.12 bits per heavy atom. The highest BCUT2D eigenvalue weighted by Crippen LogP contribution is 2.19. The molecule has 4 heteroatoms. The molecule has 0 aromatic carbocycles. The van der Waals surface area contributed by atoms with E-state index in [0.717, 1.165) is 17.9 Å². The molecule has 3 aromatic rings. The Hall–Kier alpha value is -1.94. The summed E-state index contributed by atoms with van der Waals surface area (Å²) in [7, 11) is 0. The molecule has 3 aromatic heterocycles. The van der Waals surface area contributed by atoms with Crippen molar-refractivity contribution in [3.8, 4) is 11.4 Å². The fraction of sp³-hybridized carbons (Fsp3) is 0.0769. The average molecular weight is 241 g/mol. The van der Waals surface area contributed by atoms with Crippen LogP contribution in [0.1, 0.15) is 4.88 Å². The lowest BCUT2D eigenvalue weighted by atomic mass is 10.2. The van der Waals surface area contributed by atoms with Crippen molar-refractivity contribution in [2.75, 3.05) is 0 Å². The van der Waals surface area contributed by atoms with Gasteiger partial charge in [-0.15, -0.1) is 11.3 Å². The molecule has 3 rings (SSSR count). The van der Waals surface area contributed by atoms with Crippen molar-refractivity contribution >= 4 is 11.3 Å². The first-order valence-corrected chi connectivity index (χ1v) is 6.25. The van der Waals surface area contributed by atoms with E-state index in [1.165, 1.54) is 4.88 Å². The number of imidazole rings is 1. The second kappa shape index (κ2) is 4.51. The van der Waals surface area contributed by atoms with Gasteiger partial charge >= 0.3 is 0 Å². The fourth-order valence-electron chi connectivity index (χ4n) is 1.77. The van der Waals surface area contributed by atoms with Crippen molar-refractivity contribution in [2.45, 2.75) is 6.54 Å². The molecule has 0 atom stereocenters. The second-order valence-electron chi connectivity index (χ2n) is 3.69. The summed E-state index contributed by atoms with van der Waals surface area (Å²) in [5.74, 6) is 0.987. The Morgan fingerprint density at radius 3 is 2.76 bits per heavy atom. The van der Waals surface area contributed by atoms with Crippen molar-refractivity contribution in [3.05, 3.63) is 59.3 Å². The standard InChI is InChI=1S/C13H11N3S/c1-2-12(17-9-1)10-16-8-7-15-13(16)11-3-5-14-6-4-11/h1-9H,10H2. The Morgan fingerprint density at radius 2 is 2.00 bits per heavy atom. The molecule has 0 aliphatic rings. The summed E-state index contributed by atoms with van der Waals surface area (Å²) in [4.78, 5) is 9.76. The van der Waals surface area contributed by atoms with Crippen LogP contribution in [-0.4, -0.2) is 14.5 Å². The number of rotatable bonds is 3. The van der Waals surface area contributed by atoms with Gasteiger partial charge in [0.25, 0.3) is 0 Å². The van der Waals surface area contributed by atoms with Gasteiger partial charge in [-0.25, -0.2) is 4.98 Å². The molecule has 3 nitrogen and oxygen atoms in total. The molecule has 0 spiro atoms. The summed E-state index contributed by atoms with van der Waals surface area (Å²) >= 11 is 1.76. The maximum Gasteiger partial charge on any atom is 0.140 e. The minimum absolute atomic E-state index is 0.870. The molecule has 0 aliphatic carbocycles. The highest BCUT2D eigenvalue weighted by molar-refractivity contribution is 7.09. The SMILES string of the molecule is c1csc(Cn2ccnc2-c2ccncc2)c1. The molecule has 0 amide bonds. The summed E-state index contributed by atoms with van der Waals surface area (Å²) in [6, 6.07) is 8.17. The van der Waals surface area contributed by atoms with Gasteiger partial charge in [0.1, 0.15) is 5.82 Å². The van der Waals surface area contributed by atoms with Gasteiger partial charge in [0, 0.05) is 35.2 Å². The minimum Gasteiger partial charge on any atom is -0.326 e. The molecule has 0 saturated carbocycles. The zero-order valence-corrected chi connectivity index (χ0v) is 9.97. The number of hydrogen-bond donors (Lipinski definition) is 0. The van der Waals surface area contributed by atoms with E-state index >= 15 is 0 Å². The topological polar surface area (TPSA) is 30.7 Å². The number of hydrogen-bond acceptors (Lipinski definition) is 3. The van der Waals surface area contributed by atoms with E-state index in [9.17, 15) is 0 Å². The van der Waals surface area contributed by atoms with E-state index in [2.05, 4.69) is 32.0 Å². The van der Waals surface area contributed by atoms with Crippen molar-refractivity contribution in [2.24, 2.45) is 0 Å². The molecule has 0 unspecified atom stereocenters. The lowest BCUT2D eigenvalue weighted by Gasteiger charge is -2.05. The van der Waals surface area contributed by atoms with Gasteiger partial charge in [0.2, 0.25) is 0 Å². The van der Waals surface area contributed by atoms with E-state index in [1.54, 1.807) is 23.7 Å². The van der Waals surface area contributed by atoms with Crippen molar-refractivity contribution in [3.63, 3.8) is 0 Å². The summed E-state index contributed by atoms with van der Waals surface area (Å²) in [6.45, 7) is 0.870. The van der Waals surface area contributed by atoms with Gasteiger partial charge in [-0.1, -0.05) is 6.07 Å². The van der Waals surface area contributed by atoms with Crippen molar-refractivity contribution in [1.82, 2.24) is 14.5 Å². The van der Waals surface area contributed by atoms with Crippen LogP contribution >= 0.6 is 11.3 Å². The van der Waals surface area contributed by atoms with Gasteiger partial charge in [0.15, 0.2) is 0 Å². The van der Waals surface area contributed by atoms with Crippen LogP contribution in [0.25, 0.3) is 11.4 Å². The van der Waals surface area contributed by atoms with Crippen LogP contribution in [0.5, 0.6) is 0 Å². The normalized spacial score (nSPS) is 10.6. The fourth-order valence-corrected chi connectivity index (χ4v) is 2.47. The van der Waals surface area contributed by atoms with Crippen LogP contribution in [0, 0.1) is 0 Å². The Kier molecular flexibility index (Phi) is 2.71. The van der Waals surface area contributed by atoms with Gasteiger partial charge in [-0.05, 0) is 23.6 Å². The average Bonchev–Trinajstić information content (AvgIpc) is 3.02. The zero-order chi connectivity index (χ0) is 11.5. The minimum atomic E-state index is 0.870. The molecule has 17 heavy (non-hydrogen) atoms. The van der Waals surface area contributed by atoms with E-state index in [4.69, 9.17) is 0 Å². The maximum atomic E-state index is 4.41. The van der Waals surface area contributed by atoms with Gasteiger partial charge in [0.05, 0.1) is 6.54 Å². The van der Waals surface area contributed by atoms with E-state index in [1.807, 2.05) is 24.5 Å². The summed E-state index contributed by atoms with van der Waals surface area (Å²) in [5.41, 5.74) is 1.10. The third-order valence-corrected chi connectivity index (χ3v) is 3.42. The summed E-state index contributed by atoms with van der Waals surface area (Å²) in [6.07, 6.45) is 7.43. The first kappa shape index (κ1) is 10.2. The third kappa shape index (κ3) is 2.12. The predicted molar refractivity (Wildman–Crippen MR) is 68.9 cm³/mol. The molecule has 0 saturated heterocycles. The third-order valence-electron chi connectivity index (χ3n) is 2.56. The van der Waals surface area contributed by atoms with Crippen molar-refractivity contribution in [1.29, 1.82) is 0 Å². The molecular weight excluding hydrogens is 230 g/mol. The second-order valence-corrected chi connectivity index (χ2v) is 4.73. The van der Waals surface area contributed by atoms with E-state index in [0.29, 0.717) is 0 Å². The van der Waals surface area contributed by atoms with Gasteiger partial charge < -0.3 is 4.57 Å². The number of pyridine rings is 1. The van der Waals surface area contributed by atoms with Gasteiger partial charge in [-0.2, -0.15) is 0 Å². The molecule has 0 N–H and O–H groups in total. The first-order valence-electron chi connectivity index (χ1n) is 5.37. The molecule has 84 valence electrons. The lowest BCUT2D eigenvalue weighted by molar-refractivity contribution is 0.820.